The highest BCUT2D eigenvalue weighted by Gasteiger charge is 2.73. The van der Waals surface area contributed by atoms with Crippen LogP contribution in [-0.2, 0) is 28.5 Å². The van der Waals surface area contributed by atoms with Gasteiger partial charge in [-0.25, -0.2) is 4.79 Å². The van der Waals surface area contributed by atoms with Gasteiger partial charge in [-0.2, -0.15) is 0 Å². The summed E-state index contributed by atoms with van der Waals surface area (Å²) < 4.78 is 22.8. The predicted molar refractivity (Wildman–Crippen MR) is 140 cm³/mol. The number of fused-ring (bicyclic) bond motifs is 5. The van der Waals surface area contributed by atoms with Crippen LogP contribution in [0.4, 0.5) is 0 Å². The third-order valence-electron chi connectivity index (χ3n) is 12.1. The molecule has 4 N–H and O–H groups in total. The van der Waals surface area contributed by atoms with Gasteiger partial charge in [-0.05, 0) is 69.3 Å². The minimum atomic E-state index is -1.39. The molecule has 0 unspecified atom stereocenters. The topological polar surface area (TPSA) is 152 Å². The van der Waals surface area contributed by atoms with E-state index < -0.39 is 58.7 Å². The molecule has 0 amide bonds. The third kappa shape index (κ3) is 3.93. The highest BCUT2D eigenvalue weighted by molar-refractivity contribution is 5.85. The van der Waals surface area contributed by atoms with Crippen LogP contribution in [0.3, 0.4) is 0 Å². The quantitative estimate of drug-likeness (QED) is 0.219. The largest absolute Gasteiger partial charge is 0.458 e. The molecule has 10 nitrogen and oxygen atoms in total. The van der Waals surface area contributed by atoms with E-state index >= 15 is 0 Å². The summed E-state index contributed by atoms with van der Waals surface area (Å²) >= 11 is 0. The zero-order valence-electron chi connectivity index (χ0n) is 23.7. The summed E-state index contributed by atoms with van der Waals surface area (Å²) in [4.78, 5) is 24.9. The molecule has 10 heteroatoms. The molecule has 0 radical (unpaired) electrons. The molecule has 40 heavy (non-hydrogen) atoms. The van der Waals surface area contributed by atoms with Crippen LogP contribution in [0.15, 0.2) is 11.6 Å². The van der Waals surface area contributed by atoms with Crippen molar-refractivity contribution in [3.05, 3.63) is 11.6 Å². The SMILES string of the molecule is CO[C@H]1C[C@H](O[C@H]2CC[C@]3(C=O)[C@H]4[C@H](O)C[C@]5(C)[C@@H](C6=CC(=O)OC6)CC[C@]5(O)[C@@H]4CC[C@]3(O)C2)O[C@H](C)[C@H]1O. The number of ether oxygens (including phenoxy) is 4. The van der Waals surface area contributed by atoms with Gasteiger partial charge in [0.1, 0.15) is 19.0 Å². The Hall–Kier alpha value is -1.40. The van der Waals surface area contributed by atoms with Gasteiger partial charge in [0.05, 0.1) is 41.0 Å². The number of carbonyl (C=O) groups is 2. The number of carbonyl (C=O) groups excluding carboxylic acids is 2. The lowest BCUT2D eigenvalue weighted by atomic mass is 9.41. The highest BCUT2D eigenvalue weighted by atomic mass is 16.7. The molecule has 4 aliphatic carbocycles. The number of aliphatic hydroxyl groups is 4. The number of esters is 1. The summed E-state index contributed by atoms with van der Waals surface area (Å²) in [5, 5.41) is 46.6. The Morgan fingerprint density at radius 2 is 1.88 bits per heavy atom. The van der Waals surface area contributed by atoms with Gasteiger partial charge in [-0.1, -0.05) is 6.92 Å². The van der Waals surface area contributed by atoms with Crippen molar-refractivity contribution in [2.75, 3.05) is 13.7 Å². The second kappa shape index (κ2) is 9.82. The summed E-state index contributed by atoms with van der Waals surface area (Å²) in [6.07, 6.45) is 2.55. The van der Waals surface area contributed by atoms with Crippen LogP contribution in [0.5, 0.6) is 0 Å². The van der Waals surface area contributed by atoms with Gasteiger partial charge >= 0.3 is 5.97 Å². The Morgan fingerprint density at radius 1 is 1.10 bits per heavy atom. The standard InChI is InChI=1S/C30H44O10/c1-16-26(34)22(37-3)11-24(39-16)40-18-4-7-28(15-31)25-20(5-8-29(28,35)12-18)30(36)9-6-19(17-10-23(33)38-14-17)27(30,2)13-21(25)32/h10,15-16,18-22,24-26,32,34-36H,4-9,11-14H2,1-3H3/t16-,18+,19-,20-,21-,22+,24+,25-,26-,27-,28+,29+,30+/m1/s1. The number of hydrogen-bond donors (Lipinski definition) is 4. The molecule has 0 aromatic heterocycles. The summed E-state index contributed by atoms with van der Waals surface area (Å²) in [6, 6.07) is 0. The first-order valence-corrected chi connectivity index (χ1v) is 14.9. The molecule has 0 spiro atoms. The normalized spacial score (nSPS) is 54.1. The molecule has 4 saturated carbocycles. The van der Waals surface area contributed by atoms with E-state index in [1.807, 2.05) is 6.92 Å². The summed E-state index contributed by atoms with van der Waals surface area (Å²) in [5.74, 6) is -1.41. The lowest BCUT2D eigenvalue weighted by molar-refractivity contribution is -0.296. The second-order valence-corrected chi connectivity index (χ2v) is 13.7. The number of methoxy groups -OCH3 is 1. The van der Waals surface area contributed by atoms with Crippen molar-refractivity contribution in [1.82, 2.24) is 0 Å². The van der Waals surface area contributed by atoms with Crippen molar-refractivity contribution >= 4 is 12.3 Å². The average molecular weight is 565 g/mol. The number of aldehydes is 1. The third-order valence-corrected chi connectivity index (χ3v) is 12.1. The Bertz CT molecular complexity index is 1060. The lowest BCUT2D eigenvalue weighted by Crippen LogP contribution is -2.72. The lowest BCUT2D eigenvalue weighted by Gasteiger charge is -2.66. The van der Waals surface area contributed by atoms with Crippen molar-refractivity contribution in [2.24, 2.45) is 28.6 Å². The monoisotopic (exact) mass is 564 g/mol. The van der Waals surface area contributed by atoms with E-state index in [0.717, 1.165) is 11.9 Å². The van der Waals surface area contributed by atoms with E-state index in [1.54, 1.807) is 14.0 Å². The van der Waals surface area contributed by atoms with Gasteiger partial charge in [0, 0.05) is 37.4 Å². The van der Waals surface area contributed by atoms with Gasteiger partial charge in [-0.3, -0.25) is 0 Å². The van der Waals surface area contributed by atoms with Gasteiger partial charge in [0.15, 0.2) is 6.29 Å². The summed E-state index contributed by atoms with van der Waals surface area (Å²) in [6.45, 7) is 3.98. The average Bonchev–Trinajstić information content (AvgIpc) is 3.45. The number of hydrogen-bond acceptors (Lipinski definition) is 10. The first kappa shape index (κ1) is 28.7. The van der Waals surface area contributed by atoms with Crippen LogP contribution >= 0.6 is 0 Å². The number of aliphatic hydroxyl groups excluding tert-OH is 2. The van der Waals surface area contributed by atoms with Crippen molar-refractivity contribution in [1.29, 1.82) is 0 Å². The van der Waals surface area contributed by atoms with Gasteiger partial charge in [0.25, 0.3) is 0 Å². The van der Waals surface area contributed by atoms with Gasteiger partial charge in [-0.15, -0.1) is 0 Å². The zero-order valence-corrected chi connectivity index (χ0v) is 23.7. The molecule has 2 heterocycles. The highest BCUT2D eigenvalue weighted by Crippen LogP contribution is 2.70. The smallest absolute Gasteiger partial charge is 0.331 e. The van der Waals surface area contributed by atoms with Gasteiger partial charge < -0.3 is 44.2 Å². The van der Waals surface area contributed by atoms with E-state index in [1.165, 1.54) is 6.08 Å². The first-order chi connectivity index (χ1) is 18.9. The molecule has 0 aromatic rings. The Labute approximate surface area is 235 Å². The molecular formula is C30H44O10. The minimum absolute atomic E-state index is 0.0935. The number of rotatable bonds is 5. The van der Waals surface area contributed by atoms with Crippen molar-refractivity contribution in [2.45, 2.75) is 120 Å². The molecule has 224 valence electrons. The molecular weight excluding hydrogens is 520 g/mol. The Morgan fingerprint density at radius 3 is 2.55 bits per heavy atom. The fourth-order valence-electron chi connectivity index (χ4n) is 10.0. The zero-order chi connectivity index (χ0) is 28.7. The van der Waals surface area contributed by atoms with E-state index in [2.05, 4.69) is 0 Å². The van der Waals surface area contributed by atoms with Crippen molar-refractivity contribution < 1.29 is 49.0 Å². The molecule has 1 saturated heterocycles. The van der Waals surface area contributed by atoms with Gasteiger partial charge in [0.2, 0.25) is 0 Å². The fourth-order valence-corrected chi connectivity index (χ4v) is 10.0. The second-order valence-electron chi connectivity index (χ2n) is 13.7. The summed E-state index contributed by atoms with van der Waals surface area (Å²) in [7, 11) is 1.54. The van der Waals surface area contributed by atoms with Crippen LogP contribution in [0, 0.1) is 28.6 Å². The number of cyclic esters (lactones) is 1. The van der Waals surface area contributed by atoms with Crippen LogP contribution in [0.1, 0.15) is 71.6 Å². The molecule has 0 aromatic carbocycles. The van der Waals surface area contributed by atoms with Crippen LogP contribution < -0.4 is 0 Å². The summed E-state index contributed by atoms with van der Waals surface area (Å²) in [5.41, 5.74) is -3.55. The Kier molecular flexibility index (Phi) is 7.05. The molecule has 2 aliphatic heterocycles. The van der Waals surface area contributed by atoms with Crippen molar-refractivity contribution in [3.63, 3.8) is 0 Å². The molecule has 6 rings (SSSR count). The maximum absolute atomic E-state index is 13.0. The molecule has 13 atom stereocenters. The maximum atomic E-state index is 13.0. The van der Waals surface area contributed by atoms with Crippen LogP contribution in [-0.4, -0.2) is 94.4 Å². The molecule has 6 aliphatic rings. The van der Waals surface area contributed by atoms with E-state index in [-0.39, 0.29) is 43.4 Å². The Balaban J connectivity index is 1.24. The molecule has 5 fully saturated rings. The van der Waals surface area contributed by atoms with E-state index in [0.29, 0.717) is 44.9 Å². The maximum Gasteiger partial charge on any atom is 0.331 e. The van der Waals surface area contributed by atoms with Crippen LogP contribution in [0.25, 0.3) is 0 Å². The minimum Gasteiger partial charge on any atom is -0.458 e. The molecule has 0 bridgehead atoms. The fraction of sp³-hybridized carbons (Fsp3) is 0.867. The van der Waals surface area contributed by atoms with E-state index in [9.17, 15) is 30.0 Å². The van der Waals surface area contributed by atoms with Crippen molar-refractivity contribution in [3.8, 4) is 0 Å². The van der Waals surface area contributed by atoms with Crippen LogP contribution in [0.2, 0.25) is 0 Å². The first-order valence-electron chi connectivity index (χ1n) is 14.9. The van der Waals surface area contributed by atoms with E-state index in [4.69, 9.17) is 18.9 Å². The predicted octanol–water partition coefficient (Wildman–Crippen LogP) is 1.40.